The zero-order valence-electron chi connectivity index (χ0n) is 30.3. The Kier molecular flexibility index (Phi) is 13.8. The molecule has 0 amide bonds. The Hall–Kier alpha value is -5.05. The molecule has 0 aromatic heterocycles. The zero-order valence-corrected chi connectivity index (χ0v) is 31.1. The first kappa shape index (κ1) is 39.2. The molecule has 0 radical (unpaired) electrons. The molecule has 4 aromatic rings. The largest absolute Gasteiger partial charge is 0.503 e. The average molecular weight is 747 g/mol. The van der Waals surface area contributed by atoms with E-state index in [4.69, 9.17) is 28.4 Å². The monoisotopic (exact) mass is 746 g/mol. The number of hydrogen-bond donors (Lipinski definition) is 2. The molecule has 0 aliphatic carbocycles. The maximum Gasteiger partial charge on any atom is 0.327 e. The van der Waals surface area contributed by atoms with Crippen LogP contribution in [0.25, 0.3) is 0 Å². The molecule has 12 nitrogen and oxygen atoms in total. The van der Waals surface area contributed by atoms with E-state index in [1.807, 2.05) is 48.5 Å². The van der Waals surface area contributed by atoms with Gasteiger partial charge in [-0.05, 0) is 46.5 Å². The molecule has 4 aromatic carbocycles. The van der Waals surface area contributed by atoms with Crippen LogP contribution in [0.2, 0.25) is 0 Å². The van der Waals surface area contributed by atoms with E-state index in [9.17, 15) is 10.2 Å². The smallest absolute Gasteiger partial charge is 0.327 e. The van der Waals surface area contributed by atoms with Crippen LogP contribution in [0.4, 0.5) is 0 Å². The molecular formula is C40H46N2O10S. The van der Waals surface area contributed by atoms with Crippen molar-refractivity contribution in [2.45, 2.75) is 38.5 Å². The number of benzene rings is 4. The van der Waals surface area contributed by atoms with Crippen molar-refractivity contribution in [3.8, 4) is 11.5 Å². The van der Waals surface area contributed by atoms with Gasteiger partial charge in [-0.2, -0.15) is 8.42 Å². The SMILES string of the molecule is COC(Cc1cccc(CN2C(COc3ccccc3)=C(O)C(O)=C(COc3ccccc3)N(Cc3cccc(CC(OC)OC)c3)S2(=O)=O)c1)OC. The highest BCUT2D eigenvalue weighted by Gasteiger charge is 2.41. The maximum absolute atomic E-state index is 15.2. The molecule has 1 heterocycles. The highest BCUT2D eigenvalue weighted by molar-refractivity contribution is 7.87. The molecule has 13 heteroatoms. The summed E-state index contributed by atoms with van der Waals surface area (Å²) in [6.45, 7) is -1.20. The van der Waals surface area contributed by atoms with E-state index in [1.54, 1.807) is 89.1 Å². The standard InChI is InChI=1S/C40H46N2O10S/c1-47-37(48-2)23-29-13-11-15-31(21-29)25-41-35(27-51-33-17-7-5-8-18-33)39(43)40(44)36(28-52-34-19-9-6-10-20-34)42(53(41,45)46)26-32-16-12-14-30(22-32)24-38(49-3)50-4/h5-22,37-38,43-44H,23-28H2,1-4H3. The van der Waals surface area contributed by atoms with Crippen molar-refractivity contribution < 1.29 is 47.1 Å². The van der Waals surface area contributed by atoms with Crippen molar-refractivity contribution in [3.63, 3.8) is 0 Å². The molecule has 0 spiro atoms. The molecule has 1 aliphatic heterocycles. The molecule has 0 saturated carbocycles. The Bertz CT molecular complexity index is 1810. The predicted molar refractivity (Wildman–Crippen MR) is 199 cm³/mol. The highest BCUT2D eigenvalue weighted by atomic mass is 32.2. The summed E-state index contributed by atoms with van der Waals surface area (Å²) in [5.74, 6) is -0.440. The third-order valence-corrected chi connectivity index (χ3v) is 10.5. The van der Waals surface area contributed by atoms with Gasteiger partial charge < -0.3 is 38.6 Å². The van der Waals surface area contributed by atoms with Crippen molar-refractivity contribution in [1.29, 1.82) is 0 Å². The number of para-hydroxylation sites is 2. The van der Waals surface area contributed by atoms with Crippen LogP contribution in [0.1, 0.15) is 22.3 Å². The van der Waals surface area contributed by atoms with Gasteiger partial charge in [-0.1, -0.05) is 84.9 Å². The van der Waals surface area contributed by atoms with Crippen molar-refractivity contribution in [3.05, 3.63) is 154 Å². The first-order chi connectivity index (χ1) is 25.7. The third kappa shape index (κ3) is 10.1. The van der Waals surface area contributed by atoms with Gasteiger partial charge in [0, 0.05) is 41.3 Å². The first-order valence-electron chi connectivity index (χ1n) is 16.9. The lowest BCUT2D eigenvalue weighted by atomic mass is 10.1. The van der Waals surface area contributed by atoms with Gasteiger partial charge in [0.05, 0.1) is 13.1 Å². The third-order valence-electron chi connectivity index (χ3n) is 8.66. The van der Waals surface area contributed by atoms with E-state index in [2.05, 4.69) is 0 Å². The lowest BCUT2D eigenvalue weighted by Gasteiger charge is -2.33. The minimum Gasteiger partial charge on any atom is -0.503 e. The summed E-state index contributed by atoms with van der Waals surface area (Å²) >= 11 is 0. The summed E-state index contributed by atoms with van der Waals surface area (Å²) in [5, 5.41) is 23.6. The van der Waals surface area contributed by atoms with Gasteiger partial charge in [0.1, 0.15) is 36.1 Å². The zero-order chi connectivity index (χ0) is 37.8. The molecular weight excluding hydrogens is 701 g/mol. The second kappa shape index (κ2) is 18.6. The van der Waals surface area contributed by atoms with Crippen LogP contribution in [-0.2, 0) is 55.1 Å². The Morgan fingerprint density at radius 3 is 1.25 bits per heavy atom. The van der Waals surface area contributed by atoms with Gasteiger partial charge in [-0.15, -0.1) is 0 Å². The van der Waals surface area contributed by atoms with Crippen LogP contribution >= 0.6 is 0 Å². The van der Waals surface area contributed by atoms with E-state index in [-0.39, 0.29) is 37.7 Å². The normalized spacial score (nSPS) is 14.6. The van der Waals surface area contributed by atoms with Gasteiger partial charge in [0.2, 0.25) is 0 Å². The number of rotatable bonds is 18. The van der Waals surface area contributed by atoms with Crippen LogP contribution in [0.5, 0.6) is 11.5 Å². The van der Waals surface area contributed by atoms with Crippen molar-refractivity contribution in [1.82, 2.24) is 8.61 Å². The van der Waals surface area contributed by atoms with Crippen LogP contribution in [0, 0.1) is 0 Å². The fraction of sp³-hybridized carbons (Fsp3) is 0.300. The second-order valence-corrected chi connectivity index (χ2v) is 13.9. The van der Waals surface area contributed by atoms with Crippen molar-refractivity contribution in [2.24, 2.45) is 0 Å². The summed E-state index contributed by atoms with van der Waals surface area (Å²) in [6.07, 6.45) is -0.184. The quantitative estimate of drug-likeness (QED) is 0.112. The molecule has 5 rings (SSSR count). The Labute approximate surface area is 311 Å². The minimum absolute atomic E-state index is 0.167. The highest BCUT2D eigenvalue weighted by Crippen LogP contribution is 2.34. The summed E-state index contributed by atoms with van der Waals surface area (Å²) in [4.78, 5) is 0. The van der Waals surface area contributed by atoms with Crippen LogP contribution < -0.4 is 9.47 Å². The summed E-state index contributed by atoms with van der Waals surface area (Å²) in [6, 6.07) is 32.3. The fourth-order valence-corrected chi connectivity index (χ4v) is 7.53. The predicted octanol–water partition coefficient (Wildman–Crippen LogP) is 6.27. The number of aliphatic hydroxyl groups is 2. The number of methoxy groups -OCH3 is 4. The molecule has 282 valence electrons. The van der Waals surface area contributed by atoms with Crippen molar-refractivity contribution in [2.75, 3.05) is 41.7 Å². The van der Waals surface area contributed by atoms with Crippen LogP contribution in [0.3, 0.4) is 0 Å². The first-order valence-corrected chi connectivity index (χ1v) is 18.3. The molecule has 1 aliphatic rings. The number of aliphatic hydroxyl groups excluding tert-OH is 2. The molecule has 2 N–H and O–H groups in total. The lowest BCUT2D eigenvalue weighted by molar-refractivity contribution is -0.100. The van der Waals surface area contributed by atoms with E-state index >= 15 is 8.42 Å². The van der Waals surface area contributed by atoms with Gasteiger partial charge >= 0.3 is 10.2 Å². The van der Waals surface area contributed by atoms with Crippen molar-refractivity contribution >= 4 is 10.2 Å². The van der Waals surface area contributed by atoms with E-state index in [0.717, 1.165) is 19.7 Å². The second-order valence-electron chi connectivity index (χ2n) is 12.2. The summed E-state index contributed by atoms with van der Waals surface area (Å²) in [7, 11) is 1.60. The number of ether oxygens (including phenoxy) is 6. The number of hydrogen-bond acceptors (Lipinski definition) is 10. The Morgan fingerprint density at radius 2 is 0.887 bits per heavy atom. The summed E-state index contributed by atoms with van der Waals surface area (Å²) in [5.41, 5.74) is 2.57. The molecule has 0 unspecified atom stereocenters. The number of nitrogens with zero attached hydrogens (tertiary/aromatic N) is 2. The molecule has 0 atom stereocenters. The van der Waals surface area contributed by atoms with E-state index in [1.165, 1.54) is 0 Å². The van der Waals surface area contributed by atoms with Gasteiger partial charge in [0.25, 0.3) is 0 Å². The molecule has 0 fully saturated rings. The Balaban J connectivity index is 1.61. The fourth-order valence-electron chi connectivity index (χ4n) is 5.83. The molecule has 53 heavy (non-hydrogen) atoms. The van der Waals surface area contributed by atoms with Gasteiger partial charge in [0.15, 0.2) is 24.1 Å². The molecule has 0 saturated heterocycles. The van der Waals surface area contributed by atoms with Gasteiger partial charge in [-0.3, -0.25) is 0 Å². The van der Waals surface area contributed by atoms with Crippen LogP contribution in [-0.4, -0.2) is 81.5 Å². The topological polar surface area (TPSA) is 136 Å². The van der Waals surface area contributed by atoms with Gasteiger partial charge in [-0.25, -0.2) is 8.61 Å². The minimum atomic E-state index is -4.59. The average Bonchev–Trinajstić information content (AvgIpc) is 3.23. The Morgan fingerprint density at radius 1 is 0.528 bits per heavy atom. The molecule has 0 bridgehead atoms. The van der Waals surface area contributed by atoms with E-state index in [0.29, 0.717) is 35.5 Å². The van der Waals surface area contributed by atoms with E-state index < -0.39 is 34.3 Å². The lowest BCUT2D eigenvalue weighted by Crippen LogP contribution is -2.43. The maximum atomic E-state index is 15.2. The van der Waals surface area contributed by atoms with Crippen LogP contribution in [0.15, 0.2) is 132 Å². The summed E-state index contributed by atoms with van der Waals surface area (Å²) < 4.78 is 66.0.